The van der Waals surface area contributed by atoms with Gasteiger partial charge in [-0.3, -0.25) is 14.2 Å². The zero-order chi connectivity index (χ0) is 66.3. The van der Waals surface area contributed by atoms with Crippen molar-refractivity contribution >= 4 is 19.7 Å². The smallest absolute Gasteiger partial charge is 0.306 e. The Morgan fingerprint density at radius 2 is 0.703 bits per heavy atom. The third-order valence-corrected chi connectivity index (χ3v) is 17.7. The van der Waals surface area contributed by atoms with Gasteiger partial charge in [0.25, 0.3) is 7.82 Å². The maximum absolute atomic E-state index is 13.6. The largest absolute Gasteiger partial charge is 0.756 e. The Bertz CT molecular complexity index is 1930. The molecule has 0 saturated carbocycles. The first kappa shape index (κ1) is 87.7. The van der Waals surface area contributed by atoms with Crippen molar-refractivity contribution in [1.29, 1.82) is 0 Å². The number of phosphoric acid groups is 1. The molecule has 526 valence electrons. The number of amides is 1. The van der Waals surface area contributed by atoms with Crippen molar-refractivity contribution in [2.45, 2.75) is 354 Å². The summed E-state index contributed by atoms with van der Waals surface area (Å²) >= 11 is 0. The number of nitrogens with zero attached hydrogens (tertiary/aromatic N) is 1. The topological polar surface area (TPSA) is 114 Å². The Labute approximate surface area is 563 Å². The molecule has 0 bridgehead atoms. The van der Waals surface area contributed by atoms with E-state index in [1.165, 1.54) is 193 Å². The van der Waals surface area contributed by atoms with E-state index in [4.69, 9.17) is 13.8 Å². The Hall–Kier alpha value is -3.33. The molecule has 3 unspecified atom stereocenters. The van der Waals surface area contributed by atoms with Crippen LogP contribution in [0.25, 0.3) is 0 Å². The molecule has 0 aromatic heterocycles. The number of nitrogens with one attached hydrogen (secondary N) is 1. The van der Waals surface area contributed by atoms with Crippen molar-refractivity contribution in [3.63, 3.8) is 0 Å². The van der Waals surface area contributed by atoms with Gasteiger partial charge in [-0.15, -0.1) is 0 Å². The number of carbonyl (C=O) groups is 2. The molecule has 0 rings (SSSR count). The molecule has 0 radical (unpaired) electrons. The molecule has 0 saturated heterocycles. The van der Waals surface area contributed by atoms with Crippen LogP contribution in [0.4, 0.5) is 0 Å². The molecule has 10 heteroatoms. The highest BCUT2D eigenvalue weighted by molar-refractivity contribution is 7.45. The van der Waals surface area contributed by atoms with E-state index in [1.807, 2.05) is 33.3 Å². The lowest BCUT2D eigenvalue weighted by atomic mass is 10.0. The van der Waals surface area contributed by atoms with Gasteiger partial charge in [0.1, 0.15) is 19.3 Å². The number of carbonyl (C=O) groups excluding carboxylic acids is 2. The lowest BCUT2D eigenvalue weighted by Gasteiger charge is -2.30. The minimum absolute atomic E-state index is 0.0267. The Morgan fingerprint density at radius 1 is 0.396 bits per heavy atom. The molecule has 1 N–H and O–H groups in total. The molecule has 0 aromatic carbocycles. The molecule has 0 aromatic rings. The third kappa shape index (κ3) is 70.8. The van der Waals surface area contributed by atoms with E-state index < -0.39 is 26.6 Å². The van der Waals surface area contributed by atoms with Crippen molar-refractivity contribution < 1.29 is 37.3 Å². The highest BCUT2D eigenvalue weighted by Crippen LogP contribution is 2.38. The highest BCUT2D eigenvalue weighted by atomic mass is 31.2. The Balaban J connectivity index is 5.03. The number of ether oxygens (including phenoxy) is 1. The summed E-state index contributed by atoms with van der Waals surface area (Å²) in [4.78, 5) is 40.3. The van der Waals surface area contributed by atoms with E-state index in [0.717, 1.165) is 116 Å². The van der Waals surface area contributed by atoms with Gasteiger partial charge in [-0.2, -0.15) is 0 Å². The van der Waals surface area contributed by atoms with Crippen LogP contribution in [0.1, 0.15) is 342 Å². The summed E-state index contributed by atoms with van der Waals surface area (Å²) in [6.07, 6.45) is 96.4. The van der Waals surface area contributed by atoms with Crippen LogP contribution in [0.15, 0.2) is 109 Å². The zero-order valence-corrected chi connectivity index (χ0v) is 61.2. The fraction of sp³-hybridized carbons (Fsp3) is 0.753. The molecule has 1 amide bonds. The first-order valence-corrected chi connectivity index (χ1v) is 39.7. The van der Waals surface area contributed by atoms with Crippen molar-refractivity contribution in [3.05, 3.63) is 109 Å². The lowest BCUT2D eigenvalue weighted by molar-refractivity contribution is -0.870. The number of hydrogen-bond donors (Lipinski definition) is 1. The number of rotatable bonds is 69. The van der Waals surface area contributed by atoms with Crippen molar-refractivity contribution in [2.24, 2.45) is 0 Å². The Morgan fingerprint density at radius 3 is 1.08 bits per heavy atom. The lowest BCUT2D eigenvalue weighted by Crippen LogP contribution is -2.47. The summed E-state index contributed by atoms with van der Waals surface area (Å²) in [6.45, 7) is 6.73. The molecule has 9 nitrogen and oxygen atoms in total. The summed E-state index contributed by atoms with van der Waals surface area (Å²) in [5, 5.41) is 3.05. The highest BCUT2D eigenvalue weighted by Gasteiger charge is 2.27. The summed E-state index contributed by atoms with van der Waals surface area (Å²) in [7, 11) is 1.18. The van der Waals surface area contributed by atoms with Crippen molar-refractivity contribution in [1.82, 2.24) is 5.32 Å². The van der Waals surface area contributed by atoms with E-state index in [9.17, 15) is 19.0 Å². The predicted octanol–water partition coefficient (Wildman–Crippen LogP) is 24.2. The molecule has 3 atom stereocenters. The van der Waals surface area contributed by atoms with E-state index in [0.29, 0.717) is 17.4 Å². The number of quaternary nitrogens is 1. The van der Waals surface area contributed by atoms with Gasteiger partial charge in [-0.05, 0) is 115 Å². The van der Waals surface area contributed by atoms with Gasteiger partial charge in [-0.25, -0.2) is 0 Å². The maximum Gasteiger partial charge on any atom is 0.306 e. The maximum atomic E-state index is 13.6. The summed E-state index contributed by atoms with van der Waals surface area (Å²) < 4.78 is 30.5. The van der Waals surface area contributed by atoms with Crippen LogP contribution in [0.2, 0.25) is 0 Å². The van der Waals surface area contributed by atoms with E-state index in [2.05, 4.69) is 123 Å². The normalized spacial score (nSPS) is 14.1. The monoisotopic (exact) mass is 1290 g/mol. The van der Waals surface area contributed by atoms with E-state index in [-0.39, 0.29) is 24.9 Å². The number of esters is 1. The molecule has 0 spiro atoms. The van der Waals surface area contributed by atoms with Gasteiger partial charge in [0, 0.05) is 12.8 Å². The average Bonchev–Trinajstić information content (AvgIpc) is 3.45. The van der Waals surface area contributed by atoms with Crippen LogP contribution >= 0.6 is 7.82 Å². The van der Waals surface area contributed by atoms with Gasteiger partial charge < -0.3 is 28.5 Å². The van der Waals surface area contributed by atoms with Gasteiger partial charge in [0.05, 0.1) is 33.8 Å². The molecule has 91 heavy (non-hydrogen) atoms. The number of hydrogen-bond acceptors (Lipinski definition) is 7. The number of phosphoric ester groups is 1. The minimum Gasteiger partial charge on any atom is -0.756 e. The summed E-state index contributed by atoms with van der Waals surface area (Å²) in [6, 6.07) is -0.898. The van der Waals surface area contributed by atoms with Crippen LogP contribution < -0.4 is 10.2 Å². The van der Waals surface area contributed by atoms with Crippen LogP contribution in [-0.4, -0.2) is 69.4 Å². The van der Waals surface area contributed by atoms with Crippen molar-refractivity contribution in [2.75, 3.05) is 40.9 Å². The zero-order valence-electron chi connectivity index (χ0n) is 60.3. The van der Waals surface area contributed by atoms with Crippen LogP contribution in [0.5, 0.6) is 0 Å². The van der Waals surface area contributed by atoms with Gasteiger partial charge in [-0.1, -0.05) is 323 Å². The second-order valence-corrected chi connectivity index (χ2v) is 28.2. The summed E-state index contributed by atoms with van der Waals surface area (Å²) in [5.41, 5.74) is 0. The SMILES string of the molecule is CC/C=C\C/C=C\C/C=C\C/C=C\C/C=C\CCCCCCCCCCCCCC(=O)NC(COP(=O)([O-])OCC[N+](C)(C)C)C(/C=C/CCCCCCCCCCCCC)OC(=O)CCCCCCCCCCCCCC/C=C\C/C=C\C/C=C\CCCCC. The molecular weight excluding hydrogens is 1140 g/mol. The Kier molecular flexibility index (Phi) is 67.0. The fourth-order valence-electron chi connectivity index (χ4n) is 10.9. The number of unbranched alkanes of at least 4 members (excludes halogenated alkanes) is 37. The molecule has 0 aliphatic rings. The van der Waals surface area contributed by atoms with Crippen LogP contribution in [0, 0.1) is 0 Å². The number of allylic oxidation sites excluding steroid dienone is 17. The fourth-order valence-corrected chi connectivity index (χ4v) is 11.6. The first-order chi connectivity index (χ1) is 44.4. The standard InChI is InChI=1S/C81H145N2O7P/c1-7-10-13-16-19-22-25-28-30-32-34-36-38-40-41-43-44-46-48-50-52-55-58-61-64-67-70-73-80(84)82-78(77-89-91(86,87)88-76-75-83(4,5)6)79(72-69-66-63-60-57-54-27-24-21-18-15-12-9-3)90-81(85)74-71-68-65-62-59-56-53-51-49-47-45-42-39-37-35-33-31-29-26-23-20-17-14-11-8-2/h10,13,19-20,22-23,28-31,34-37,40-41,69,72,78-79H,7-9,11-12,14-18,21,24-27,32-33,38-39,42-68,70-71,73-77H2,1-6H3,(H-,82,84,86,87)/b13-10-,22-19-,23-20-,30-28-,31-29-,36-34-,37-35-,41-40-,72-69+. The quantitative estimate of drug-likeness (QED) is 0.0212. The van der Waals surface area contributed by atoms with E-state index >= 15 is 0 Å². The second kappa shape index (κ2) is 69.5. The molecular formula is C81H145N2O7P. The third-order valence-electron chi connectivity index (χ3n) is 16.7. The van der Waals surface area contributed by atoms with Gasteiger partial charge >= 0.3 is 5.97 Å². The van der Waals surface area contributed by atoms with Crippen molar-refractivity contribution in [3.8, 4) is 0 Å². The second-order valence-electron chi connectivity index (χ2n) is 26.8. The first-order valence-electron chi connectivity index (χ1n) is 38.2. The molecule has 0 fully saturated rings. The predicted molar refractivity (Wildman–Crippen MR) is 394 cm³/mol. The van der Waals surface area contributed by atoms with E-state index in [1.54, 1.807) is 0 Å². The van der Waals surface area contributed by atoms with Crippen LogP contribution in [-0.2, 0) is 27.9 Å². The molecule has 0 heterocycles. The molecule has 0 aliphatic carbocycles. The minimum atomic E-state index is -4.72. The van der Waals surface area contributed by atoms with Gasteiger partial charge in [0.2, 0.25) is 5.91 Å². The molecule has 0 aliphatic heterocycles. The average molecular weight is 1290 g/mol. The number of likely N-dealkylation sites (N-methyl/N-ethyl adjacent to an activating group) is 1. The van der Waals surface area contributed by atoms with Crippen LogP contribution in [0.3, 0.4) is 0 Å². The van der Waals surface area contributed by atoms with Gasteiger partial charge in [0.15, 0.2) is 0 Å². The summed E-state index contributed by atoms with van der Waals surface area (Å²) in [5.74, 6) is -0.540.